The Hall–Kier alpha value is -1.86. The maximum atomic E-state index is 12.4. The van der Waals surface area contributed by atoms with Crippen LogP contribution in [0, 0.1) is 0 Å². The lowest BCUT2D eigenvalue weighted by atomic mass is 10.2. The maximum absolute atomic E-state index is 12.4. The van der Waals surface area contributed by atoms with Crippen molar-refractivity contribution in [1.29, 1.82) is 0 Å². The van der Waals surface area contributed by atoms with Crippen LogP contribution < -0.4 is 15.4 Å². The second-order valence-corrected chi connectivity index (χ2v) is 5.40. The molecule has 0 bridgehead atoms. The van der Waals surface area contributed by atoms with Crippen LogP contribution in [0.2, 0.25) is 0 Å². The van der Waals surface area contributed by atoms with E-state index in [1.54, 1.807) is 19.1 Å². The van der Waals surface area contributed by atoms with Gasteiger partial charge < -0.3 is 20.3 Å². The third kappa shape index (κ3) is 10.5. The summed E-state index contributed by atoms with van der Waals surface area (Å²) < 4.78 is 66.2. The van der Waals surface area contributed by atoms with Gasteiger partial charge in [-0.1, -0.05) is 18.2 Å². The highest BCUT2D eigenvalue weighted by atomic mass is 127. The van der Waals surface area contributed by atoms with Gasteiger partial charge in [0.2, 0.25) is 5.91 Å². The molecule has 0 spiro atoms. The quantitative estimate of drug-likeness (QED) is 0.238. The number of amides is 1. The third-order valence-electron chi connectivity index (χ3n) is 3.19. The number of halogens is 6. The summed E-state index contributed by atoms with van der Waals surface area (Å²) in [4.78, 5) is 16.4. The normalized spacial score (nSPS) is 11.6. The molecule has 0 aliphatic carbocycles. The molecule has 2 N–H and O–H groups in total. The number of para-hydroxylation sites is 1. The van der Waals surface area contributed by atoms with E-state index in [9.17, 15) is 26.7 Å². The number of benzene rings is 1. The van der Waals surface area contributed by atoms with Gasteiger partial charge in [-0.2, -0.15) is 22.0 Å². The molecule has 28 heavy (non-hydrogen) atoms. The van der Waals surface area contributed by atoms with Gasteiger partial charge in [-0.15, -0.1) is 24.0 Å². The fourth-order valence-electron chi connectivity index (χ4n) is 2.00. The first-order chi connectivity index (χ1) is 12.6. The average molecular weight is 524 g/mol. The summed E-state index contributed by atoms with van der Waals surface area (Å²) in [7, 11) is 1.04. The summed E-state index contributed by atoms with van der Waals surface area (Å²) in [6, 6.07) is 6.07. The van der Waals surface area contributed by atoms with Crippen molar-refractivity contribution in [3.63, 3.8) is 0 Å². The van der Waals surface area contributed by atoms with Crippen LogP contribution in [0.4, 0.5) is 22.0 Å². The van der Waals surface area contributed by atoms with E-state index in [2.05, 4.69) is 20.4 Å². The fourth-order valence-corrected chi connectivity index (χ4v) is 2.00. The minimum Gasteiger partial charge on any atom is -0.434 e. The van der Waals surface area contributed by atoms with E-state index in [0.717, 1.165) is 7.05 Å². The summed E-state index contributed by atoms with van der Waals surface area (Å²) in [5.41, 5.74) is 0.385. The molecule has 0 radical (unpaired) electrons. The van der Waals surface area contributed by atoms with Gasteiger partial charge in [0.1, 0.15) is 12.3 Å². The summed E-state index contributed by atoms with van der Waals surface area (Å²) in [6.07, 6.45) is -4.49. The third-order valence-corrected chi connectivity index (χ3v) is 3.19. The van der Waals surface area contributed by atoms with Gasteiger partial charge in [-0.25, -0.2) is 4.99 Å². The number of likely N-dealkylation sites (N-methyl/N-ethyl adjacent to an activating group) is 1. The number of carbonyl (C=O) groups excluding carboxylic acids is 1. The molecule has 0 saturated carbocycles. The highest BCUT2D eigenvalue weighted by molar-refractivity contribution is 14.0. The molecule has 12 heteroatoms. The van der Waals surface area contributed by atoms with Crippen LogP contribution in [-0.2, 0) is 11.3 Å². The molecule has 6 nitrogen and oxygen atoms in total. The van der Waals surface area contributed by atoms with Crippen molar-refractivity contribution in [3.8, 4) is 5.75 Å². The first-order valence-electron chi connectivity index (χ1n) is 7.98. The first kappa shape index (κ1) is 26.1. The Morgan fingerprint density at radius 3 is 2.46 bits per heavy atom. The number of hydrogen-bond acceptors (Lipinski definition) is 3. The Morgan fingerprint density at radius 2 is 1.89 bits per heavy atom. The van der Waals surface area contributed by atoms with Crippen molar-refractivity contribution >= 4 is 35.8 Å². The molecule has 0 aliphatic heterocycles. The summed E-state index contributed by atoms with van der Waals surface area (Å²) in [6.45, 7) is -2.61. The monoisotopic (exact) mass is 524 g/mol. The maximum Gasteiger partial charge on any atom is 0.406 e. The SMILES string of the molecule is CCNC(=NCc1ccccc1OC(F)F)NCC(=O)N(C)CC(F)(F)F.I. The molecule has 0 aromatic heterocycles. The van der Waals surface area contributed by atoms with Crippen LogP contribution in [0.1, 0.15) is 12.5 Å². The van der Waals surface area contributed by atoms with E-state index < -0.39 is 31.8 Å². The Bertz CT molecular complexity index is 644. The largest absolute Gasteiger partial charge is 0.434 e. The van der Waals surface area contributed by atoms with Crippen molar-refractivity contribution in [2.45, 2.75) is 26.3 Å². The predicted molar refractivity (Wildman–Crippen MR) is 105 cm³/mol. The molecule has 0 aliphatic rings. The summed E-state index contributed by atoms with van der Waals surface area (Å²) in [5.74, 6) is -0.662. The number of nitrogens with one attached hydrogen (secondary N) is 2. The molecular weight excluding hydrogens is 502 g/mol. The molecule has 0 fully saturated rings. The first-order valence-corrected chi connectivity index (χ1v) is 7.98. The zero-order valence-electron chi connectivity index (χ0n) is 15.2. The van der Waals surface area contributed by atoms with E-state index in [4.69, 9.17) is 0 Å². The second kappa shape index (κ2) is 12.6. The Morgan fingerprint density at radius 1 is 1.25 bits per heavy atom. The molecule has 0 unspecified atom stereocenters. The van der Waals surface area contributed by atoms with Gasteiger partial charge in [-0.05, 0) is 13.0 Å². The minimum atomic E-state index is -4.49. The smallest absolute Gasteiger partial charge is 0.406 e. The van der Waals surface area contributed by atoms with Gasteiger partial charge >= 0.3 is 12.8 Å². The predicted octanol–water partition coefficient (Wildman–Crippen LogP) is 2.98. The number of hydrogen-bond donors (Lipinski definition) is 2. The van der Waals surface area contributed by atoms with Crippen LogP contribution >= 0.6 is 24.0 Å². The van der Waals surface area contributed by atoms with Crippen molar-refractivity contribution in [2.75, 3.05) is 26.7 Å². The Kier molecular flexibility index (Phi) is 11.7. The lowest BCUT2D eigenvalue weighted by Crippen LogP contribution is -2.45. The number of nitrogens with zero attached hydrogens (tertiary/aromatic N) is 2. The highest BCUT2D eigenvalue weighted by Crippen LogP contribution is 2.21. The topological polar surface area (TPSA) is 66.0 Å². The summed E-state index contributed by atoms with van der Waals surface area (Å²) >= 11 is 0. The summed E-state index contributed by atoms with van der Waals surface area (Å²) in [5, 5.41) is 5.42. The van der Waals surface area contributed by atoms with Gasteiger partial charge in [0, 0.05) is 19.2 Å². The molecule has 0 saturated heterocycles. The fraction of sp³-hybridized carbons (Fsp3) is 0.500. The van der Waals surface area contributed by atoms with E-state index in [1.165, 1.54) is 12.1 Å². The zero-order valence-corrected chi connectivity index (χ0v) is 17.6. The van der Waals surface area contributed by atoms with Crippen molar-refractivity contribution < 1.29 is 31.5 Å². The van der Waals surface area contributed by atoms with Crippen molar-refractivity contribution in [2.24, 2.45) is 4.99 Å². The highest BCUT2D eigenvalue weighted by Gasteiger charge is 2.31. The number of carbonyl (C=O) groups is 1. The standard InChI is InChI=1S/C16H21F5N4O2.HI/c1-3-22-15(24-9-13(26)25(2)10-16(19,20)21)23-8-11-6-4-5-7-12(11)27-14(17)18;/h4-7,14H,3,8-10H2,1-2H3,(H2,22,23,24);1H. The van der Waals surface area contributed by atoms with E-state index >= 15 is 0 Å². The molecule has 1 aromatic rings. The van der Waals surface area contributed by atoms with E-state index in [1.807, 2.05) is 0 Å². The van der Waals surface area contributed by atoms with Gasteiger partial charge in [0.05, 0.1) is 13.1 Å². The Balaban J connectivity index is 0.00000729. The van der Waals surface area contributed by atoms with Gasteiger partial charge in [-0.3, -0.25) is 4.79 Å². The van der Waals surface area contributed by atoms with E-state index in [-0.39, 0.29) is 42.2 Å². The van der Waals surface area contributed by atoms with Crippen LogP contribution in [0.3, 0.4) is 0 Å². The van der Waals surface area contributed by atoms with Crippen LogP contribution in [0.25, 0.3) is 0 Å². The molecule has 1 rings (SSSR count). The molecule has 160 valence electrons. The van der Waals surface area contributed by atoms with Crippen LogP contribution in [0.15, 0.2) is 29.3 Å². The molecular formula is C16H22F5IN4O2. The lowest BCUT2D eigenvalue weighted by Gasteiger charge is -2.20. The average Bonchev–Trinajstić information content (AvgIpc) is 2.56. The van der Waals surface area contributed by atoms with Gasteiger partial charge in [0.25, 0.3) is 0 Å². The van der Waals surface area contributed by atoms with Gasteiger partial charge in [0.15, 0.2) is 5.96 Å². The number of aliphatic imine (C=N–C) groups is 1. The molecule has 1 aromatic carbocycles. The molecule has 1 amide bonds. The number of alkyl halides is 5. The van der Waals surface area contributed by atoms with E-state index in [0.29, 0.717) is 17.0 Å². The Labute approximate surface area is 176 Å². The van der Waals surface area contributed by atoms with Crippen molar-refractivity contribution in [3.05, 3.63) is 29.8 Å². The van der Waals surface area contributed by atoms with Crippen LogP contribution in [0.5, 0.6) is 5.75 Å². The zero-order chi connectivity index (χ0) is 20.4. The number of ether oxygens (including phenoxy) is 1. The second-order valence-electron chi connectivity index (χ2n) is 5.40. The number of guanidine groups is 1. The van der Waals surface area contributed by atoms with Crippen LogP contribution in [-0.4, -0.2) is 56.2 Å². The minimum absolute atomic E-state index is 0. The lowest BCUT2D eigenvalue weighted by molar-refractivity contribution is -0.157. The number of rotatable bonds is 8. The molecule has 0 atom stereocenters. The van der Waals surface area contributed by atoms with Crippen molar-refractivity contribution in [1.82, 2.24) is 15.5 Å². The molecule has 0 heterocycles.